The van der Waals surface area contributed by atoms with E-state index in [0.717, 1.165) is 6.61 Å². The molecule has 1 aliphatic rings. The lowest BCUT2D eigenvalue weighted by Crippen LogP contribution is -2.04. The lowest BCUT2D eigenvalue weighted by molar-refractivity contribution is 0.0511. The fourth-order valence-corrected chi connectivity index (χ4v) is 1.39. The molecule has 16 heavy (non-hydrogen) atoms. The molecule has 0 aliphatic carbocycles. The largest absolute Gasteiger partial charge is 0.491 e. The molecule has 4 nitrogen and oxygen atoms in total. The lowest BCUT2D eigenvalue weighted by Gasteiger charge is -2.09. The van der Waals surface area contributed by atoms with E-state index in [1.54, 1.807) is 25.3 Å². The lowest BCUT2D eigenvalue weighted by atomic mass is 10.3. The first-order chi connectivity index (χ1) is 7.79. The minimum Gasteiger partial charge on any atom is -0.491 e. The van der Waals surface area contributed by atoms with Crippen molar-refractivity contribution in [1.82, 2.24) is 0 Å². The van der Waals surface area contributed by atoms with Crippen LogP contribution in [0.5, 0.6) is 11.5 Å². The Labute approximate surface area is 99.0 Å². The number of ether oxygens (including phenoxy) is 4. The molecule has 0 radical (unpaired) electrons. The molecule has 0 amide bonds. The molecule has 5 heteroatoms. The minimum atomic E-state index is 0.176. The van der Waals surface area contributed by atoms with Crippen LogP contribution in [0, 0.1) is 0 Å². The van der Waals surface area contributed by atoms with E-state index in [1.807, 2.05) is 0 Å². The van der Waals surface area contributed by atoms with Crippen LogP contribution in [0.3, 0.4) is 0 Å². The molecule has 0 N–H and O–H groups in total. The van der Waals surface area contributed by atoms with Gasteiger partial charge in [0.1, 0.15) is 24.2 Å². The van der Waals surface area contributed by atoms with E-state index in [2.05, 4.69) is 0 Å². The molecule has 1 heterocycles. The summed E-state index contributed by atoms with van der Waals surface area (Å²) in [5.41, 5.74) is 0. The Hall–Kier alpha value is -0.970. The predicted octanol–water partition coefficient (Wildman–Crippen LogP) is 2.10. The molecule has 1 saturated heterocycles. The summed E-state index contributed by atoms with van der Waals surface area (Å²) >= 11 is 6.00. The number of rotatable bonds is 6. The van der Waals surface area contributed by atoms with Crippen molar-refractivity contribution >= 4 is 11.6 Å². The summed E-state index contributed by atoms with van der Waals surface area (Å²) in [4.78, 5) is 0. The normalized spacial score (nSPS) is 18.2. The van der Waals surface area contributed by atoms with Crippen LogP contribution in [0.15, 0.2) is 18.2 Å². The van der Waals surface area contributed by atoms with E-state index < -0.39 is 0 Å². The third kappa shape index (κ3) is 3.27. The van der Waals surface area contributed by atoms with Crippen molar-refractivity contribution in [3.05, 3.63) is 23.2 Å². The highest BCUT2D eigenvalue weighted by Gasteiger charge is 2.23. The molecule has 0 saturated carbocycles. The molecule has 2 rings (SSSR count). The van der Waals surface area contributed by atoms with Crippen LogP contribution >= 0.6 is 11.6 Å². The van der Waals surface area contributed by atoms with Gasteiger partial charge in [0.05, 0.1) is 11.6 Å². The van der Waals surface area contributed by atoms with Gasteiger partial charge < -0.3 is 18.9 Å². The third-order valence-corrected chi connectivity index (χ3v) is 2.37. The average molecular weight is 245 g/mol. The van der Waals surface area contributed by atoms with Crippen molar-refractivity contribution in [3.63, 3.8) is 0 Å². The van der Waals surface area contributed by atoms with Gasteiger partial charge in [0, 0.05) is 13.2 Å². The quantitative estimate of drug-likeness (QED) is 0.568. The SMILES string of the molecule is COCOc1ccc(OC[C@@H]2CO2)cc1Cl. The van der Waals surface area contributed by atoms with Gasteiger partial charge in [-0.2, -0.15) is 0 Å². The predicted molar refractivity (Wildman–Crippen MR) is 59.2 cm³/mol. The second-order valence-corrected chi connectivity index (χ2v) is 3.82. The van der Waals surface area contributed by atoms with Gasteiger partial charge in [-0.3, -0.25) is 0 Å². The molecule has 0 aromatic heterocycles. The van der Waals surface area contributed by atoms with Crippen molar-refractivity contribution in [1.29, 1.82) is 0 Å². The summed E-state index contributed by atoms with van der Waals surface area (Å²) < 4.78 is 20.5. The number of benzene rings is 1. The first-order valence-corrected chi connectivity index (χ1v) is 5.33. The third-order valence-electron chi connectivity index (χ3n) is 2.07. The van der Waals surface area contributed by atoms with Gasteiger partial charge in [-0.25, -0.2) is 0 Å². The molecule has 0 unspecified atom stereocenters. The van der Waals surface area contributed by atoms with Crippen LogP contribution < -0.4 is 9.47 Å². The summed E-state index contributed by atoms with van der Waals surface area (Å²) in [7, 11) is 1.56. The zero-order valence-electron chi connectivity index (χ0n) is 8.94. The van der Waals surface area contributed by atoms with Gasteiger partial charge in [0.2, 0.25) is 0 Å². The number of methoxy groups -OCH3 is 1. The first kappa shape index (κ1) is 11.5. The van der Waals surface area contributed by atoms with Gasteiger partial charge in [-0.15, -0.1) is 0 Å². The second kappa shape index (κ2) is 5.39. The van der Waals surface area contributed by atoms with E-state index in [1.165, 1.54) is 0 Å². The molecule has 1 aromatic rings. The molecule has 88 valence electrons. The van der Waals surface area contributed by atoms with E-state index >= 15 is 0 Å². The van der Waals surface area contributed by atoms with Crippen molar-refractivity contribution in [2.24, 2.45) is 0 Å². The smallest absolute Gasteiger partial charge is 0.188 e. The standard InChI is InChI=1S/C11H13ClO4/c1-13-7-16-11-3-2-8(4-10(11)12)14-5-9-6-15-9/h2-4,9H,5-7H2,1H3/t9-/m1/s1. The van der Waals surface area contributed by atoms with Crippen LogP contribution in [0.1, 0.15) is 0 Å². The summed E-state index contributed by atoms with van der Waals surface area (Å²) in [6, 6.07) is 5.28. The molecule has 1 aliphatic heterocycles. The minimum absolute atomic E-state index is 0.176. The van der Waals surface area contributed by atoms with E-state index in [0.29, 0.717) is 23.1 Å². The number of hydrogen-bond acceptors (Lipinski definition) is 4. The van der Waals surface area contributed by atoms with Gasteiger partial charge >= 0.3 is 0 Å². The zero-order valence-corrected chi connectivity index (χ0v) is 9.70. The molecule has 0 spiro atoms. The summed E-state index contributed by atoms with van der Waals surface area (Å²) in [5.74, 6) is 1.30. The number of halogens is 1. The Bertz CT molecular complexity index is 352. The van der Waals surface area contributed by atoms with Crippen LogP contribution in [-0.4, -0.2) is 33.2 Å². The van der Waals surface area contributed by atoms with E-state index in [4.69, 9.17) is 30.5 Å². The van der Waals surface area contributed by atoms with Crippen molar-refractivity contribution in [3.8, 4) is 11.5 Å². The molecule has 1 aromatic carbocycles. The Morgan fingerprint density at radius 1 is 1.44 bits per heavy atom. The van der Waals surface area contributed by atoms with Gasteiger partial charge in [0.25, 0.3) is 0 Å². The van der Waals surface area contributed by atoms with Gasteiger partial charge in [-0.1, -0.05) is 11.6 Å². The maximum atomic E-state index is 6.00. The van der Waals surface area contributed by atoms with Crippen molar-refractivity contribution in [2.45, 2.75) is 6.10 Å². The zero-order chi connectivity index (χ0) is 11.4. The average Bonchev–Trinajstić information content (AvgIpc) is 3.09. The van der Waals surface area contributed by atoms with Crippen LogP contribution in [0.25, 0.3) is 0 Å². The maximum Gasteiger partial charge on any atom is 0.188 e. The molecule has 1 fully saturated rings. The van der Waals surface area contributed by atoms with Gasteiger partial charge in [0.15, 0.2) is 6.79 Å². The van der Waals surface area contributed by atoms with Crippen LogP contribution in [0.2, 0.25) is 5.02 Å². The summed E-state index contributed by atoms with van der Waals surface area (Å²) in [5, 5.41) is 0.506. The number of epoxide rings is 1. The monoisotopic (exact) mass is 244 g/mol. The maximum absolute atomic E-state index is 6.00. The van der Waals surface area contributed by atoms with Crippen molar-refractivity contribution < 1.29 is 18.9 Å². The molecular formula is C11H13ClO4. The second-order valence-electron chi connectivity index (χ2n) is 3.41. The van der Waals surface area contributed by atoms with Crippen LogP contribution in [0.4, 0.5) is 0 Å². The Kier molecular flexibility index (Phi) is 3.88. The first-order valence-electron chi connectivity index (χ1n) is 4.95. The topological polar surface area (TPSA) is 40.2 Å². The fraction of sp³-hybridized carbons (Fsp3) is 0.455. The van der Waals surface area contributed by atoms with Gasteiger partial charge in [-0.05, 0) is 12.1 Å². The Balaban J connectivity index is 1.91. The van der Waals surface area contributed by atoms with Crippen LogP contribution in [-0.2, 0) is 9.47 Å². The summed E-state index contributed by atoms with van der Waals surface area (Å²) in [6.45, 7) is 1.52. The molecule has 1 atom stereocenters. The Morgan fingerprint density at radius 2 is 2.25 bits per heavy atom. The van der Waals surface area contributed by atoms with E-state index in [-0.39, 0.29) is 12.9 Å². The van der Waals surface area contributed by atoms with Crippen molar-refractivity contribution in [2.75, 3.05) is 27.1 Å². The van der Waals surface area contributed by atoms with E-state index in [9.17, 15) is 0 Å². The highest BCUT2D eigenvalue weighted by atomic mass is 35.5. The highest BCUT2D eigenvalue weighted by Crippen LogP contribution is 2.29. The molecule has 0 bridgehead atoms. The summed E-state index contributed by atoms with van der Waals surface area (Å²) in [6.07, 6.45) is 0.239. The number of hydrogen-bond donors (Lipinski definition) is 0. The molecular weight excluding hydrogens is 232 g/mol. The fourth-order valence-electron chi connectivity index (χ4n) is 1.16. The Morgan fingerprint density at radius 3 is 2.88 bits per heavy atom. The highest BCUT2D eigenvalue weighted by molar-refractivity contribution is 6.32.